The van der Waals surface area contributed by atoms with Crippen molar-refractivity contribution in [3.8, 4) is 5.75 Å². The molecular formula is C18H24O2. The van der Waals surface area contributed by atoms with Crippen LogP contribution in [0.15, 0.2) is 48.1 Å². The van der Waals surface area contributed by atoms with E-state index in [-0.39, 0.29) is 6.79 Å². The zero-order chi connectivity index (χ0) is 14.5. The van der Waals surface area contributed by atoms with Crippen molar-refractivity contribution in [1.29, 1.82) is 0 Å². The molecule has 0 fully saturated rings. The standard InChI is InChI=1S/C18H24O2/c1-13(2)15-10-9-14(3)11-17(15)16-7-5-6-8-18(16)20-12-19-4/h5-8,11,15,17H,1,9-10,12H2,2-4H3/t15-,17+/m0/s1. The second-order valence-electron chi connectivity index (χ2n) is 5.62. The highest BCUT2D eigenvalue weighted by atomic mass is 16.7. The van der Waals surface area contributed by atoms with Gasteiger partial charge < -0.3 is 9.47 Å². The fraction of sp³-hybridized carbons (Fsp3) is 0.444. The molecule has 2 heteroatoms. The molecule has 2 rings (SSSR count). The lowest BCUT2D eigenvalue weighted by molar-refractivity contribution is 0.0501. The number of para-hydroxylation sites is 1. The summed E-state index contributed by atoms with van der Waals surface area (Å²) in [5.74, 6) is 1.76. The van der Waals surface area contributed by atoms with E-state index in [0.29, 0.717) is 11.8 Å². The Hall–Kier alpha value is -1.54. The molecule has 0 heterocycles. The number of ether oxygens (including phenoxy) is 2. The van der Waals surface area contributed by atoms with E-state index in [0.717, 1.165) is 12.2 Å². The highest BCUT2D eigenvalue weighted by Gasteiger charge is 2.27. The number of hydrogen-bond acceptors (Lipinski definition) is 2. The first-order valence-electron chi connectivity index (χ1n) is 7.17. The first-order valence-corrected chi connectivity index (χ1v) is 7.17. The van der Waals surface area contributed by atoms with Crippen molar-refractivity contribution in [1.82, 2.24) is 0 Å². The molecule has 0 N–H and O–H groups in total. The third kappa shape index (κ3) is 3.31. The first-order chi connectivity index (χ1) is 9.63. The lowest BCUT2D eigenvalue weighted by atomic mass is 9.74. The SMILES string of the molecule is C=C(C)[C@@H]1CCC(C)=C[C@H]1c1ccccc1OCOC. The van der Waals surface area contributed by atoms with E-state index in [1.165, 1.54) is 23.1 Å². The minimum Gasteiger partial charge on any atom is -0.467 e. The van der Waals surface area contributed by atoms with E-state index in [4.69, 9.17) is 9.47 Å². The summed E-state index contributed by atoms with van der Waals surface area (Å²) >= 11 is 0. The third-order valence-corrected chi connectivity index (χ3v) is 3.99. The van der Waals surface area contributed by atoms with Gasteiger partial charge in [-0.15, -0.1) is 0 Å². The highest BCUT2D eigenvalue weighted by Crippen LogP contribution is 2.42. The number of methoxy groups -OCH3 is 1. The molecule has 0 spiro atoms. The highest BCUT2D eigenvalue weighted by molar-refractivity contribution is 5.41. The Bertz CT molecular complexity index is 502. The van der Waals surface area contributed by atoms with Crippen molar-refractivity contribution < 1.29 is 9.47 Å². The molecule has 20 heavy (non-hydrogen) atoms. The van der Waals surface area contributed by atoms with Crippen molar-refractivity contribution >= 4 is 0 Å². The van der Waals surface area contributed by atoms with Gasteiger partial charge in [0.15, 0.2) is 6.79 Å². The molecule has 0 unspecified atom stereocenters. The van der Waals surface area contributed by atoms with Crippen LogP contribution in [0.2, 0.25) is 0 Å². The number of rotatable bonds is 5. The van der Waals surface area contributed by atoms with Crippen LogP contribution < -0.4 is 4.74 Å². The maximum Gasteiger partial charge on any atom is 0.188 e. The molecule has 0 saturated carbocycles. The molecule has 2 nitrogen and oxygen atoms in total. The van der Waals surface area contributed by atoms with Crippen molar-refractivity contribution in [2.24, 2.45) is 5.92 Å². The summed E-state index contributed by atoms with van der Waals surface area (Å²) in [6, 6.07) is 8.24. The largest absolute Gasteiger partial charge is 0.467 e. The van der Waals surface area contributed by atoms with E-state index in [2.05, 4.69) is 38.6 Å². The molecule has 0 saturated heterocycles. The Morgan fingerprint density at radius 2 is 2.10 bits per heavy atom. The summed E-state index contributed by atoms with van der Waals surface area (Å²) in [6.45, 7) is 8.80. The fourth-order valence-corrected chi connectivity index (χ4v) is 2.94. The minimum absolute atomic E-state index is 0.282. The Labute approximate surface area is 122 Å². The lowest BCUT2D eigenvalue weighted by Gasteiger charge is -2.31. The number of benzene rings is 1. The molecular weight excluding hydrogens is 248 g/mol. The van der Waals surface area contributed by atoms with Crippen molar-refractivity contribution in [2.45, 2.75) is 32.6 Å². The predicted molar refractivity (Wildman–Crippen MR) is 83.0 cm³/mol. The second kappa shape index (κ2) is 6.76. The zero-order valence-corrected chi connectivity index (χ0v) is 12.7. The van der Waals surface area contributed by atoms with Crippen LogP contribution in [0.1, 0.15) is 38.2 Å². The predicted octanol–water partition coefficient (Wildman–Crippen LogP) is 4.69. The molecule has 0 bridgehead atoms. The monoisotopic (exact) mass is 272 g/mol. The average molecular weight is 272 g/mol. The van der Waals surface area contributed by atoms with Crippen LogP contribution in [0.3, 0.4) is 0 Å². The van der Waals surface area contributed by atoms with Crippen LogP contribution in [0, 0.1) is 5.92 Å². The molecule has 1 aliphatic carbocycles. The van der Waals surface area contributed by atoms with Crippen LogP contribution >= 0.6 is 0 Å². The summed E-state index contributed by atoms with van der Waals surface area (Å²) in [5, 5.41) is 0. The molecule has 1 aromatic rings. The zero-order valence-electron chi connectivity index (χ0n) is 12.7. The Morgan fingerprint density at radius 1 is 1.35 bits per heavy atom. The van der Waals surface area contributed by atoms with Gasteiger partial charge >= 0.3 is 0 Å². The van der Waals surface area contributed by atoms with Gasteiger partial charge in [-0.25, -0.2) is 0 Å². The fourth-order valence-electron chi connectivity index (χ4n) is 2.94. The van der Waals surface area contributed by atoms with E-state index < -0.39 is 0 Å². The van der Waals surface area contributed by atoms with Crippen molar-refractivity contribution in [3.05, 3.63) is 53.6 Å². The Kier molecular flexibility index (Phi) is 5.02. The van der Waals surface area contributed by atoms with Gasteiger partial charge in [-0.2, -0.15) is 0 Å². The van der Waals surface area contributed by atoms with E-state index >= 15 is 0 Å². The van der Waals surface area contributed by atoms with Crippen LogP contribution in [0.5, 0.6) is 5.75 Å². The molecule has 2 atom stereocenters. The minimum atomic E-state index is 0.282. The summed E-state index contributed by atoms with van der Waals surface area (Å²) in [4.78, 5) is 0. The van der Waals surface area contributed by atoms with Gasteiger partial charge in [0.2, 0.25) is 0 Å². The van der Waals surface area contributed by atoms with Gasteiger partial charge in [0, 0.05) is 18.6 Å². The van der Waals surface area contributed by atoms with Gasteiger partial charge in [0.25, 0.3) is 0 Å². The van der Waals surface area contributed by atoms with E-state index in [1.54, 1.807) is 7.11 Å². The lowest BCUT2D eigenvalue weighted by Crippen LogP contribution is -2.18. The van der Waals surface area contributed by atoms with Crippen molar-refractivity contribution in [2.75, 3.05) is 13.9 Å². The van der Waals surface area contributed by atoms with Gasteiger partial charge in [-0.1, -0.05) is 42.0 Å². The van der Waals surface area contributed by atoms with Crippen LogP contribution in [-0.4, -0.2) is 13.9 Å². The maximum atomic E-state index is 5.72. The van der Waals surface area contributed by atoms with E-state index in [1.807, 2.05) is 12.1 Å². The van der Waals surface area contributed by atoms with Gasteiger partial charge in [0.1, 0.15) is 5.75 Å². The number of allylic oxidation sites excluding steroid dienone is 3. The van der Waals surface area contributed by atoms with Crippen LogP contribution in [0.4, 0.5) is 0 Å². The second-order valence-corrected chi connectivity index (χ2v) is 5.62. The Morgan fingerprint density at radius 3 is 2.80 bits per heavy atom. The first kappa shape index (κ1) is 14.9. The molecule has 0 aliphatic heterocycles. The normalized spacial score (nSPS) is 22.2. The Balaban J connectivity index is 2.36. The average Bonchev–Trinajstić information content (AvgIpc) is 2.45. The topological polar surface area (TPSA) is 18.5 Å². The molecule has 0 radical (unpaired) electrons. The third-order valence-electron chi connectivity index (χ3n) is 3.99. The molecule has 0 amide bonds. The maximum absolute atomic E-state index is 5.72. The van der Waals surface area contributed by atoms with Gasteiger partial charge in [0.05, 0.1) is 0 Å². The van der Waals surface area contributed by atoms with Gasteiger partial charge in [-0.05, 0) is 38.7 Å². The van der Waals surface area contributed by atoms with Crippen molar-refractivity contribution in [3.63, 3.8) is 0 Å². The van der Waals surface area contributed by atoms with Gasteiger partial charge in [-0.3, -0.25) is 0 Å². The summed E-state index contributed by atoms with van der Waals surface area (Å²) in [7, 11) is 1.64. The van der Waals surface area contributed by atoms with Crippen LogP contribution in [-0.2, 0) is 4.74 Å². The molecule has 1 aromatic carbocycles. The summed E-state index contributed by atoms with van der Waals surface area (Å²) in [5.41, 5.74) is 3.94. The smallest absolute Gasteiger partial charge is 0.188 e. The van der Waals surface area contributed by atoms with E-state index in [9.17, 15) is 0 Å². The quantitative estimate of drug-likeness (QED) is 0.572. The summed E-state index contributed by atoms with van der Waals surface area (Å²) < 4.78 is 10.8. The molecule has 0 aromatic heterocycles. The summed E-state index contributed by atoms with van der Waals surface area (Å²) in [6.07, 6.45) is 4.70. The molecule has 1 aliphatic rings. The van der Waals surface area contributed by atoms with Crippen LogP contribution in [0.25, 0.3) is 0 Å². The number of hydrogen-bond donors (Lipinski definition) is 0. The molecule has 108 valence electrons.